The third-order valence-corrected chi connectivity index (χ3v) is 2.30. The quantitative estimate of drug-likeness (QED) is 0.719. The number of benzene rings is 1. The molecule has 2 nitrogen and oxygen atoms in total. The number of allylic oxidation sites excluding steroid dienone is 1. The molecule has 0 aliphatic heterocycles. The van der Waals surface area contributed by atoms with Gasteiger partial charge in [-0.25, -0.2) is 0 Å². The monoisotopic (exact) mass is 206 g/mol. The van der Waals surface area contributed by atoms with Crippen LogP contribution in [-0.4, -0.2) is 0 Å². The molecule has 0 radical (unpaired) electrons. The van der Waals surface area contributed by atoms with Crippen molar-refractivity contribution in [2.75, 3.05) is 0 Å². The number of nitrogens with zero attached hydrogens (tertiary/aromatic N) is 1. The highest BCUT2D eigenvalue weighted by atomic mass is 35.5. The molecule has 0 fully saturated rings. The van der Waals surface area contributed by atoms with Crippen molar-refractivity contribution in [1.29, 1.82) is 5.26 Å². The molecule has 1 aromatic rings. The Kier molecular flexibility index (Phi) is 3.16. The molecular formula is C11H11ClN2. The van der Waals surface area contributed by atoms with Gasteiger partial charge in [-0.1, -0.05) is 17.7 Å². The first-order valence-corrected chi connectivity index (χ1v) is 4.57. The van der Waals surface area contributed by atoms with Gasteiger partial charge in [0.25, 0.3) is 0 Å². The van der Waals surface area contributed by atoms with Crippen LogP contribution in [0.2, 0.25) is 5.02 Å². The van der Waals surface area contributed by atoms with Gasteiger partial charge in [0.05, 0.1) is 11.8 Å². The highest BCUT2D eigenvalue weighted by molar-refractivity contribution is 6.30. The molecule has 72 valence electrons. The molecule has 0 amide bonds. The molecular weight excluding hydrogens is 196 g/mol. The Bertz CT molecular complexity index is 427. The molecule has 1 aromatic carbocycles. The van der Waals surface area contributed by atoms with E-state index >= 15 is 0 Å². The fourth-order valence-corrected chi connectivity index (χ4v) is 1.32. The maximum Gasteiger partial charge on any atom is 0.0965 e. The Labute approximate surface area is 88.6 Å². The average molecular weight is 207 g/mol. The van der Waals surface area contributed by atoms with Gasteiger partial charge in [-0.15, -0.1) is 0 Å². The number of nitriles is 1. The minimum Gasteiger partial charge on any atom is -0.397 e. The average Bonchev–Trinajstić information content (AvgIpc) is 2.19. The molecule has 14 heavy (non-hydrogen) atoms. The maximum absolute atomic E-state index is 8.71. The number of halogens is 1. The van der Waals surface area contributed by atoms with E-state index in [1.165, 1.54) is 0 Å². The SMILES string of the molecule is C/C(C#N)=C(/N)c1cc(Cl)ccc1C. The molecule has 0 saturated heterocycles. The predicted octanol–water partition coefficient (Wildman–Crippen LogP) is 2.86. The summed E-state index contributed by atoms with van der Waals surface area (Å²) in [5, 5.41) is 9.33. The lowest BCUT2D eigenvalue weighted by atomic mass is 10.0. The summed E-state index contributed by atoms with van der Waals surface area (Å²) in [6.07, 6.45) is 0. The van der Waals surface area contributed by atoms with Crippen molar-refractivity contribution in [2.45, 2.75) is 13.8 Å². The summed E-state index contributed by atoms with van der Waals surface area (Å²) < 4.78 is 0. The van der Waals surface area contributed by atoms with Crippen LogP contribution >= 0.6 is 11.6 Å². The van der Waals surface area contributed by atoms with E-state index in [0.717, 1.165) is 11.1 Å². The van der Waals surface area contributed by atoms with Gasteiger partial charge in [0.2, 0.25) is 0 Å². The van der Waals surface area contributed by atoms with Crippen LogP contribution in [0.1, 0.15) is 18.1 Å². The number of hydrogen-bond acceptors (Lipinski definition) is 2. The number of hydrogen-bond donors (Lipinski definition) is 1. The Balaban J connectivity index is 3.34. The number of nitrogens with two attached hydrogens (primary N) is 1. The van der Waals surface area contributed by atoms with Crippen LogP contribution in [0.5, 0.6) is 0 Å². The zero-order chi connectivity index (χ0) is 10.7. The molecule has 0 atom stereocenters. The number of rotatable bonds is 1. The standard InChI is InChI=1S/C11H11ClN2/c1-7-3-4-9(12)5-10(7)11(14)8(2)6-13/h3-5H,14H2,1-2H3/b11-8-. The molecule has 2 N–H and O–H groups in total. The lowest BCUT2D eigenvalue weighted by molar-refractivity contribution is 1.35. The Hall–Kier alpha value is -1.46. The van der Waals surface area contributed by atoms with Crippen molar-refractivity contribution in [3.05, 3.63) is 39.9 Å². The summed E-state index contributed by atoms with van der Waals surface area (Å²) in [6, 6.07) is 7.48. The minimum absolute atomic E-state index is 0.493. The van der Waals surface area contributed by atoms with Gasteiger partial charge in [-0.3, -0.25) is 0 Å². The molecule has 0 heterocycles. The first kappa shape index (κ1) is 10.6. The van der Waals surface area contributed by atoms with Gasteiger partial charge in [0, 0.05) is 16.2 Å². The Morgan fingerprint density at radius 2 is 2.14 bits per heavy atom. The minimum atomic E-state index is 0.493. The van der Waals surface area contributed by atoms with E-state index in [1.807, 2.05) is 19.1 Å². The van der Waals surface area contributed by atoms with Crippen LogP contribution in [0.15, 0.2) is 23.8 Å². The van der Waals surface area contributed by atoms with Gasteiger partial charge < -0.3 is 5.73 Å². The third kappa shape index (κ3) is 2.07. The molecule has 0 aromatic heterocycles. The third-order valence-electron chi connectivity index (χ3n) is 2.06. The van der Waals surface area contributed by atoms with Gasteiger partial charge in [-0.2, -0.15) is 5.26 Å². The fourth-order valence-electron chi connectivity index (χ4n) is 1.15. The lowest BCUT2D eigenvalue weighted by Gasteiger charge is -2.07. The molecule has 0 bridgehead atoms. The summed E-state index contributed by atoms with van der Waals surface area (Å²) in [7, 11) is 0. The van der Waals surface area contributed by atoms with E-state index in [9.17, 15) is 0 Å². The topological polar surface area (TPSA) is 49.8 Å². The van der Waals surface area contributed by atoms with Crippen LogP contribution in [0.25, 0.3) is 5.70 Å². The van der Waals surface area contributed by atoms with Gasteiger partial charge in [0.1, 0.15) is 0 Å². The predicted molar refractivity (Wildman–Crippen MR) is 58.6 cm³/mol. The molecule has 0 aliphatic rings. The highest BCUT2D eigenvalue weighted by Crippen LogP contribution is 2.21. The Morgan fingerprint density at radius 3 is 2.71 bits per heavy atom. The molecule has 0 saturated carbocycles. The maximum atomic E-state index is 8.71. The lowest BCUT2D eigenvalue weighted by Crippen LogP contribution is -2.01. The molecule has 0 aliphatic carbocycles. The zero-order valence-corrected chi connectivity index (χ0v) is 8.89. The second kappa shape index (κ2) is 4.17. The summed E-state index contributed by atoms with van der Waals surface area (Å²) in [5.41, 5.74) is 8.67. The van der Waals surface area contributed by atoms with Gasteiger partial charge >= 0.3 is 0 Å². The molecule has 3 heteroatoms. The van der Waals surface area contributed by atoms with Crippen molar-refractivity contribution in [3.8, 4) is 6.07 Å². The van der Waals surface area contributed by atoms with Crippen molar-refractivity contribution in [1.82, 2.24) is 0 Å². The number of aryl methyl sites for hydroxylation is 1. The van der Waals surface area contributed by atoms with Crippen molar-refractivity contribution >= 4 is 17.3 Å². The van der Waals surface area contributed by atoms with Crippen molar-refractivity contribution < 1.29 is 0 Å². The second-order valence-corrected chi connectivity index (χ2v) is 3.55. The van der Waals surface area contributed by atoms with Crippen LogP contribution in [0.3, 0.4) is 0 Å². The van der Waals surface area contributed by atoms with Crippen molar-refractivity contribution in [3.63, 3.8) is 0 Å². The first-order chi connectivity index (χ1) is 6.56. The van der Waals surface area contributed by atoms with Crippen LogP contribution in [-0.2, 0) is 0 Å². The van der Waals surface area contributed by atoms with Crippen molar-refractivity contribution in [2.24, 2.45) is 5.73 Å². The molecule has 0 unspecified atom stereocenters. The van der Waals surface area contributed by atoms with E-state index in [0.29, 0.717) is 16.3 Å². The first-order valence-electron chi connectivity index (χ1n) is 4.19. The summed E-state index contributed by atoms with van der Waals surface area (Å²) >= 11 is 5.85. The smallest absolute Gasteiger partial charge is 0.0965 e. The Morgan fingerprint density at radius 1 is 1.50 bits per heavy atom. The highest BCUT2D eigenvalue weighted by Gasteiger charge is 2.05. The van der Waals surface area contributed by atoms with E-state index in [2.05, 4.69) is 0 Å². The summed E-state index contributed by atoms with van der Waals surface area (Å²) in [6.45, 7) is 3.62. The largest absolute Gasteiger partial charge is 0.397 e. The van der Waals surface area contributed by atoms with Crippen LogP contribution in [0.4, 0.5) is 0 Å². The normalized spacial score (nSPS) is 11.9. The van der Waals surface area contributed by atoms with E-state index in [4.69, 9.17) is 22.6 Å². The zero-order valence-electron chi connectivity index (χ0n) is 8.13. The molecule has 1 rings (SSSR count). The second-order valence-electron chi connectivity index (χ2n) is 3.11. The van der Waals surface area contributed by atoms with E-state index in [1.54, 1.807) is 19.1 Å². The molecule has 0 spiro atoms. The van der Waals surface area contributed by atoms with Crippen LogP contribution in [0, 0.1) is 18.3 Å². The summed E-state index contributed by atoms with van der Waals surface area (Å²) in [5.74, 6) is 0. The summed E-state index contributed by atoms with van der Waals surface area (Å²) in [4.78, 5) is 0. The fraction of sp³-hybridized carbons (Fsp3) is 0.182. The van der Waals surface area contributed by atoms with Gasteiger partial charge in [0.15, 0.2) is 0 Å². The van der Waals surface area contributed by atoms with E-state index < -0.39 is 0 Å². The van der Waals surface area contributed by atoms with E-state index in [-0.39, 0.29) is 0 Å². The van der Waals surface area contributed by atoms with Gasteiger partial charge in [-0.05, 0) is 31.5 Å². The van der Waals surface area contributed by atoms with Crippen LogP contribution < -0.4 is 5.73 Å².